The molecule has 0 saturated carbocycles. The van der Waals surface area contributed by atoms with Crippen LogP contribution in [0.25, 0.3) is 0 Å². The average molecular weight is 316 g/mol. The van der Waals surface area contributed by atoms with Crippen LogP contribution in [-0.2, 0) is 16.1 Å². The molecule has 0 bridgehead atoms. The van der Waals surface area contributed by atoms with Crippen LogP contribution in [0, 0.1) is 5.92 Å². The Morgan fingerprint density at radius 1 is 1.26 bits per heavy atom. The monoisotopic (exact) mass is 316 g/mol. The molecular formula is C17H24N4O2. The summed E-state index contributed by atoms with van der Waals surface area (Å²) in [7, 11) is 0. The van der Waals surface area contributed by atoms with E-state index in [-0.39, 0.29) is 17.7 Å². The summed E-state index contributed by atoms with van der Waals surface area (Å²) in [6.45, 7) is 4.57. The minimum atomic E-state index is -0.187. The predicted molar refractivity (Wildman–Crippen MR) is 88.9 cm³/mol. The third-order valence-corrected chi connectivity index (χ3v) is 4.65. The molecule has 3 N–H and O–H groups in total. The number of likely N-dealkylation sites (tertiary alicyclic amines) is 1. The molecule has 6 nitrogen and oxygen atoms in total. The number of amides is 2. The maximum absolute atomic E-state index is 11.5. The van der Waals surface area contributed by atoms with E-state index in [1.54, 1.807) is 0 Å². The van der Waals surface area contributed by atoms with Crippen molar-refractivity contribution >= 4 is 17.5 Å². The quantitative estimate of drug-likeness (QED) is 0.838. The first-order chi connectivity index (χ1) is 11.1. The van der Waals surface area contributed by atoms with Gasteiger partial charge in [-0.15, -0.1) is 0 Å². The van der Waals surface area contributed by atoms with Crippen molar-refractivity contribution in [1.82, 2.24) is 10.2 Å². The molecule has 124 valence electrons. The van der Waals surface area contributed by atoms with Gasteiger partial charge in [0.2, 0.25) is 11.8 Å². The molecule has 0 aliphatic carbocycles. The van der Waals surface area contributed by atoms with Gasteiger partial charge in [0.15, 0.2) is 0 Å². The lowest BCUT2D eigenvalue weighted by atomic mass is 9.97. The fraction of sp³-hybridized carbons (Fsp3) is 0.529. The van der Waals surface area contributed by atoms with Gasteiger partial charge in [0.25, 0.3) is 0 Å². The van der Waals surface area contributed by atoms with Crippen LogP contribution >= 0.6 is 0 Å². The number of piperidine rings is 1. The third-order valence-electron chi connectivity index (χ3n) is 4.65. The number of benzene rings is 1. The second-order valence-electron chi connectivity index (χ2n) is 6.41. The van der Waals surface area contributed by atoms with E-state index in [1.165, 1.54) is 5.56 Å². The van der Waals surface area contributed by atoms with Gasteiger partial charge in [0, 0.05) is 31.9 Å². The Bertz CT molecular complexity index is 572. The van der Waals surface area contributed by atoms with Gasteiger partial charge in [-0.1, -0.05) is 12.1 Å². The zero-order valence-corrected chi connectivity index (χ0v) is 13.3. The first-order valence-corrected chi connectivity index (χ1v) is 8.24. The van der Waals surface area contributed by atoms with Gasteiger partial charge in [-0.05, 0) is 37.1 Å². The fourth-order valence-corrected chi connectivity index (χ4v) is 3.36. The number of rotatable bonds is 4. The van der Waals surface area contributed by atoms with Gasteiger partial charge in [-0.25, -0.2) is 0 Å². The second kappa shape index (κ2) is 7.00. The van der Waals surface area contributed by atoms with Crippen molar-refractivity contribution in [3.8, 4) is 0 Å². The number of nitrogens with one attached hydrogen (secondary N) is 1. The molecule has 2 amide bonds. The van der Waals surface area contributed by atoms with Crippen LogP contribution < -0.4 is 16.0 Å². The maximum Gasteiger partial charge on any atom is 0.239 e. The predicted octanol–water partition coefficient (Wildman–Crippen LogP) is 0.320. The molecule has 2 aliphatic rings. The van der Waals surface area contributed by atoms with Gasteiger partial charge in [-0.2, -0.15) is 0 Å². The summed E-state index contributed by atoms with van der Waals surface area (Å²) in [5.74, 6) is -0.130. The molecule has 3 rings (SSSR count). The SMILES string of the molecule is NC(=O)C1CCCN(Cc2ccc(N3CCNC(=O)C3)cc2)C1. The number of primary amides is 1. The molecule has 1 aromatic rings. The van der Waals surface area contributed by atoms with E-state index in [2.05, 4.69) is 39.4 Å². The molecule has 2 fully saturated rings. The first kappa shape index (κ1) is 15.8. The Balaban J connectivity index is 1.59. The van der Waals surface area contributed by atoms with Gasteiger partial charge in [-0.3, -0.25) is 14.5 Å². The minimum absolute atomic E-state index is 0.0186. The molecule has 23 heavy (non-hydrogen) atoms. The molecule has 1 atom stereocenters. The van der Waals surface area contributed by atoms with E-state index in [0.717, 1.165) is 44.7 Å². The molecular weight excluding hydrogens is 292 g/mol. The molecule has 2 saturated heterocycles. The van der Waals surface area contributed by atoms with Crippen LogP contribution in [0.4, 0.5) is 5.69 Å². The van der Waals surface area contributed by atoms with E-state index in [9.17, 15) is 9.59 Å². The number of nitrogens with zero attached hydrogens (tertiary/aromatic N) is 2. The van der Waals surface area contributed by atoms with Crippen molar-refractivity contribution in [2.75, 3.05) is 37.6 Å². The molecule has 0 aromatic heterocycles. The van der Waals surface area contributed by atoms with Crippen LogP contribution in [0.2, 0.25) is 0 Å². The van der Waals surface area contributed by atoms with E-state index >= 15 is 0 Å². The van der Waals surface area contributed by atoms with E-state index < -0.39 is 0 Å². The van der Waals surface area contributed by atoms with Crippen LogP contribution in [0.3, 0.4) is 0 Å². The fourth-order valence-electron chi connectivity index (χ4n) is 3.36. The first-order valence-electron chi connectivity index (χ1n) is 8.24. The number of carbonyl (C=O) groups is 2. The van der Waals surface area contributed by atoms with Crippen LogP contribution in [-0.4, -0.2) is 49.4 Å². The third kappa shape index (κ3) is 4.01. The Kier molecular flexibility index (Phi) is 4.81. The smallest absolute Gasteiger partial charge is 0.239 e. The summed E-state index contributed by atoms with van der Waals surface area (Å²) < 4.78 is 0. The summed E-state index contributed by atoms with van der Waals surface area (Å²) in [4.78, 5) is 27.2. The molecule has 2 aliphatic heterocycles. The lowest BCUT2D eigenvalue weighted by Gasteiger charge is -2.31. The van der Waals surface area contributed by atoms with Gasteiger partial charge >= 0.3 is 0 Å². The Morgan fingerprint density at radius 3 is 2.74 bits per heavy atom. The van der Waals surface area contributed by atoms with Gasteiger partial charge in [0.05, 0.1) is 12.5 Å². The highest BCUT2D eigenvalue weighted by atomic mass is 16.2. The lowest BCUT2D eigenvalue weighted by Crippen LogP contribution is -2.47. The minimum Gasteiger partial charge on any atom is -0.369 e. The summed E-state index contributed by atoms with van der Waals surface area (Å²) in [6.07, 6.45) is 1.93. The zero-order valence-electron chi connectivity index (χ0n) is 13.3. The van der Waals surface area contributed by atoms with E-state index in [1.807, 2.05) is 0 Å². The number of nitrogens with two attached hydrogens (primary N) is 1. The number of hydrogen-bond donors (Lipinski definition) is 2. The van der Waals surface area contributed by atoms with Crippen molar-refractivity contribution in [2.24, 2.45) is 11.7 Å². The van der Waals surface area contributed by atoms with E-state index in [4.69, 9.17) is 5.73 Å². The molecule has 1 unspecified atom stereocenters. The van der Waals surface area contributed by atoms with Gasteiger partial charge in [0.1, 0.15) is 0 Å². The second-order valence-corrected chi connectivity index (χ2v) is 6.41. The zero-order chi connectivity index (χ0) is 16.2. The van der Waals surface area contributed by atoms with Crippen LogP contribution in [0.5, 0.6) is 0 Å². The molecule has 0 radical (unpaired) electrons. The van der Waals surface area contributed by atoms with Gasteiger partial charge < -0.3 is 16.0 Å². The van der Waals surface area contributed by atoms with Crippen molar-refractivity contribution in [1.29, 1.82) is 0 Å². The van der Waals surface area contributed by atoms with Crippen molar-refractivity contribution < 1.29 is 9.59 Å². The topological polar surface area (TPSA) is 78.7 Å². The Hall–Kier alpha value is -2.08. The van der Waals surface area contributed by atoms with Crippen molar-refractivity contribution in [3.63, 3.8) is 0 Å². The summed E-state index contributed by atoms with van der Waals surface area (Å²) in [6, 6.07) is 8.36. The number of piperazine rings is 1. The average Bonchev–Trinajstić information content (AvgIpc) is 2.56. The lowest BCUT2D eigenvalue weighted by molar-refractivity contribution is -0.123. The molecule has 2 heterocycles. The summed E-state index contributed by atoms with van der Waals surface area (Å²) >= 11 is 0. The highest BCUT2D eigenvalue weighted by Crippen LogP contribution is 2.20. The standard InChI is InChI=1S/C17H24N4O2/c18-17(23)14-2-1-8-20(11-14)10-13-3-5-15(6-4-13)21-9-7-19-16(22)12-21/h3-6,14H,1-2,7-12H2,(H2,18,23)(H,19,22). The largest absolute Gasteiger partial charge is 0.369 e. The molecule has 0 spiro atoms. The number of carbonyl (C=O) groups excluding carboxylic acids is 2. The van der Waals surface area contributed by atoms with Crippen LogP contribution in [0.1, 0.15) is 18.4 Å². The summed E-state index contributed by atoms with van der Waals surface area (Å²) in [5.41, 5.74) is 7.74. The van der Waals surface area contributed by atoms with Crippen molar-refractivity contribution in [3.05, 3.63) is 29.8 Å². The molecule has 1 aromatic carbocycles. The normalized spacial score (nSPS) is 22.7. The van der Waals surface area contributed by atoms with Crippen molar-refractivity contribution in [2.45, 2.75) is 19.4 Å². The Labute approximate surface area is 136 Å². The maximum atomic E-state index is 11.5. The highest BCUT2D eigenvalue weighted by molar-refractivity contribution is 5.82. The highest BCUT2D eigenvalue weighted by Gasteiger charge is 2.24. The van der Waals surface area contributed by atoms with Crippen LogP contribution in [0.15, 0.2) is 24.3 Å². The number of anilines is 1. The Morgan fingerprint density at radius 2 is 2.04 bits per heavy atom. The molecule has 6 heteroatoms. The van der Waals surface area contributed by atoms with E-state index in [0.29, 0.717) is 13.1 Å². The summed E-state index contributed by atoms with van der Waals surface area (Å²) in [5, 5.41) is 2.84. The number of hydrogen-bond acceptors (Lipinski definition) is 4.